The smallest absolute Gasteiger partial charge is 0.247 e. The minimum Gasteiger partial charge on any atom is -0.467 e. The molecule has 0 saturated heterocycles. The monoisotopic (exact) mass is 329 g/mol. The minimum atomic E-state index is -0.268. The Morgan fingerprint density at radius 1 is 1.38 bits per heavy atom. The molecule has 0 radical (unpaired) electrons. The van der Waals surface area contributed by atoms with Gasteiger partial charge < -0.3 is 20.0 Å². The number of fused-ring (bicyclic) bond motifs is 1. The van der Waals surface area contributed by atoms with E-state index in [1.807, 2.05) is 31.0 Å². The number of carbonyl (C=O) groups excluding carboxylic acids is 1. The first-order valence-electron chi connectivity index (χ1n) is 8.13. The van der Waals surface area contributed by atoms with Gasteiger partial charge in [0.1, 0.15) is 23.3 Å². The van der Waals surface area contributed by atoms with Crippen LogP contribution in [0.2, 0.25) is 0 Å². The van der Waals surface area contributed by atoms with Gasteiger partial charge in [-0.25, -0.2) is 9.97 Å². The average molecular weight is 329 g/mol. The minimum absolute atomic E-state index is 0.0451. The Bertz CT molecular complexity index is 727. The van der Waals surface area contributed by atoms with E-state index < -0.39 is 0 Å². The van der Waals surface area contributed by atoms with E-state index in [0.29, 0.717) is 35.6 Å². The molecule has 7 heteroatoms. The van der Waals surface area contributed by atoms with Gasteiger partial charge in [-0.3, -0.25) is 4.79 Å². The number of anilines is 3. The zero-order valence-electron chi connectivity index (χ0n) is 14.5. The van der Waals surface area contributed by atoms with Gasteiger partial charge in [0, 0.05) is 7.05 Å². The Labute approximate surface area is 141 Å². The molecule has 1 unspecified atom stereocenters. The van der Waals surface area contributed by atoms with Crippen LogP contribution in [0.25, 0.3) is 0 Å². The van der Waals surface area contributed by atoms with E-state index in [1.165, 1.54) is 0 Å². The van der Waals surface area contributed by atoms with E-state index in [2.05, 4.69) is 34.4 Å². The van der Waals surface area contributed by atoms with Gasteiger partial charge in [0.05, 0.1) is 12.8 Å². The van der Waals surface area contributed by atoms with Crippen molar-refractivity contribution in [3.8, 4) is 0 Å². The van der Waals surface area contributed by atoms with E-state index in [-0.39, 0.29) is 11.9 Å². The van der Waals surface area contributed by atoms with Gasteiger partial charge in [-0.1, -0.05) is 13.8 Å². The molecule has 0 spiro atoms. The molecule has 1 amide bonds. The van der Waals surface area contributed by atoms with Gasteiger partial charge in [-0.15, -0.1) is 0 Å². The maximum atomic E-state index is 12.4. The number of aromatic nitrogens is 2. The fraction of sp³-hybridized carbons (Fsp3) is 0.471. The van der Waals surface area contributed by atoms with Crippen molar-refractivity contribution in [2.45, 2.75) is 39.8 Å². The zero-order valence-corrected chi connectivity index (χ0v) is 14.5. The average Bonchev–Trinajstić information content (AvgIpc) is 3.00. The second kappa shape index (κ2) is 6.51. The van der Waals surface area contributed by atoms with Crippen LogP contribution in [-0.2, 0) is 11.3 Å². The fourth-order valence-electron chi connectivity index (χ4n) is 2.84. The first-order valence-corrected chi connectivity index (χ1v) is 8.13. The van der Waals surface area contributed by atoms with Crippen LogP contribution in [0.1, 0.15) is 31.9 Å². The molecular weight excluding hydrogens is 306 g/mol. The largest absolute Gasteiger partial charge is 0.467 e. The quantitative estimate of drug-likeness (QED) is 0.877. The molecule has 2 aromatic heterocycles. The van der Waals surface area contributed by atoms with Crippen LogP contribution < -0.4 is 15.5 Å². The summed E-state index contributed by atoms with van der Waals surface area (Å²) in [6, 6.07) is 3.49. The molecule has 0 aliphatic carbocycles. The number of amides is 1. The van der Waals surface area contributed by atoms with E-state index in [0.717, 1.165) is 12.2 Å². The second-order valence-electron chi connectivity index (χ2n) is 6.57. The van der Waals surface area contributed by atoms with Crippen LogP contribution in [0.5, 0.6) is 0 Å². The third-order valence-electron chi connectivity index (χ3n) is 3.92. The van der Waals surface area contributed by atoms with E-state index in [4.69, 9.17) is 4.42 Å². The summed E-state index contributed by atoms with van der Waals surface area (Å²) in [5, 5.41) is 6.23. The molecule has 1 atom stereocenters. The number of furan rings is 1. The molecule has 3 heterocycles. The van der Waals surface area contributed by atoms with Gasteiger partial charge >= 0.3 is 0 Å². The van der Waals surface area contributed by atoms with Crippen molar-refractivity contribution in [1.82, 2.24) is 9.97 Å². The van der Waals surface area contributed by atoms with Crippen LogP contribution in [0, 0.1) is 12.8 Å². The summed E-state index contributed by atoms with van der Waals surface area (Å²) in [7, 11) is 1.91. The Balaban J connectivity index is 1.90. The summed E-state index contributed by atoms with van der Waals surface area (Å²) in [4.78, 5) is 23.3. The van der Waals surface area contributed by atoms with Crippen LogP contribution in [0.4, 0.5) is 17.3 Å². The lowest BCUT2D eigenvalue weighted by Gasteiger charge is -2.30. The Morgan fingerprint density at radius 2 is 2.17 bits per heavy atom. The molecule has 0 fully saturated rings. The van der Waals surface area contributed by atoms with Gasteiger partial charge in [0.2, 0.25) is 5.91 Å². The number of hydrogen-bond acceptors (Lipinski definition) is 6. The van der Waals surface area contributed by atoms with Gasteiger partial charge in [0.15, 0.2) is 11.6 Å². The van der Waals surface area contributed by atoms with Crippen molar-refractivity contribution in [2.24, 2.45) is 5.92 Å². The molecule has 1 aliphatic rings. The van der Waals surface area contributed by atoms with Crippen LogP contribution in [-0.4, -0.2) is 29.0 Å². The zero-order chi connectivity index (χ0) is 17.3. The van der Waals surface area contributed by atoms with Gasteiger partial charge in [0.25, 0.3) is 0 Å². The third kappa shape index (κ3) is 3.34. The van der Waals surface area contributed by atoms with Crippen molar-refractivity contribution >= 4 is 23.2 Å². The van der Waals surface area contributed by atoms with Crippen molar-refractivity contribution in [3.63, 3.8) is 0 Å². The van der Waals surface area contributed by atoms with Gasteiger partial charge in [-0.2, -0.15) is 0 Å². The number of rotatable bonds is 5. The maximum Gasteiger partial charge on any atom is 0.247 e. The van der Waals surface area contributed by atoms with Crippen molar-refractivity contribution in [2.75, 3.05) is 22.6 Å². The number of hydrogen-bond donors (Lipinski definition) is 2. The lowest BCUT2D eigenvalue weighted by molar-refractivity contribution is -0.117. The van der Waals surface area contributed by atoms with Crippen LogP contribution in [0.15, 0.2) is 22.8 Å². The van der Waals surface area contributed by atoms with Crippen LogP contribution in [0.3, 0.4) is 0 Å². The van der Waals surface area contributed by atoms with E-state index in [1.54, 1.807) is 6.26 Å². The first-order chi connectivity index (χ1) is 11.4. The molecule has 0 aromatic carbocycles. The molecule has 0 saturated carbocycles. The molecule has 2 N–H and O–H groups in total. The molecule has 0 bridgehead atoms. The highest BCUT2D eigenvalue weighted by molar-refractivity contribution is 6.05. The number of nitrogens with zero attached hydrogens (tertiary/aromatic N) is 3. The highest BCUT2D eigenvalue weighted by Gasteiger charge is 2.30. The highest BCUT2D eigenvalue weighted by Crippen LogP contribution is 2.34. The van der Waals surface area contributed by atoms with Crippen LogP contribution >= 0.6 is 0 Å². The molecule has 24 heavy (non-hydrogen) atoms. The summed E-state index contributed by atoms with van der Waals surface area (Å²) < 4.78 is 5.39. The predicted molar refractivity (Wildman–Crippen MR) is 93.1 cm³/mol. The molecule has 3 rings (SSSR count). The molecule has 7 nitrogen and oxygen atoms in total. The predicted octanol–water partition coefficient (Wildman–Crippen LogP) is 2.79. The summed E-state index contributed by atoms with van der Waals surface area (Å²) in [6.45, 7) is 6.60. The Kier molecular flexibility index (Phi) is 4.42. The number of carbonyl (C=O) groups is 1. The second-order valence-corrected chi connectivity index (χ2v) is 6.57. The lowest BCUT2D eigenvalue weighted by atomic mass is 10.0. The normalized spacial score (nSPS) is 16.5. The maximum absolute atomic E-state index is 12.4. The topological polar surface area (TPSA) is 83.3 Å². The third-order valence-corrected chi connectivity index (χ3v) is 3.92. The lowest BCUT2D eigenvalue weighted by Crippen LogP contribution is -2.41. The standard InChI is InChI=1S/C17H23N5O2/c1-10(2)8-13-17(23)21-14-15(20-13)18-11(3)19-16(14)22(4)9-12-6-5-7-24-12/h5-7,10,13H,8-9H2,1-4H3,(H,21,23)(H,18,19,20). The number of aryl methyl sites for hydroxylation is 1. The first kappa shape index (κ1) is 16.3. The number of nitrogens with one attached hydrogen (secondary N) is 2. The SMILES string of the molecule is Cc1nc2c(c(N(C)Cc3ccco3)n1)NC(=O)C(CC(C)C)N2. The summed E-state index contributed by atoms with van der Waals surface area (Å²) >= 11 is 0. The van der Waals surface area contributed by atoms with E-state index >= 15 is 0 Å². The molecular formula is C17H23N5O2. The molecule has 2 aromatic rings. The van der Waals surface area contributed by atoms with Crippen molar-refractivity contribution in [1.29, 1.82) is 0 Å². The van der Waals surface area contributed by atoms with Gasteiger partial charge in [-0.05, 0) is 31.4 Å². The highest BCUT2D eigenvalue weighted by atomic mass is 16.3. The Morgan fingerprint density at radius 3 is 2.83 bits per heavy atom. The summed E-state index contributed by atoms with van der Waals surface area (Å²) in [5.41, 5.74) is 0.625. The fourth-order valence-corrected chi connectivity index (χ4v) is 2.84. The molecule has 1 aliphatic heterocycles. The summed E-state index contributed by atoms with van der Waals surface area (Å²) in [5.74, 6) is 3.21. The van der Waals surface area contributed by atoms with Crippen molar-refractivity contribution < 1.29 is 9.21 Å². The van der Waals surface area contributed by atoms with Crippen molar-refractivity contribution in [3.05, 3.63) is 30.0 Å². The Hall–Kier alpha value is -2.57. The summed E-state index contributed by atoms with van der Waals surface area (Å²) in [6.07, 6.45) is 2.40. The molecule has 128 valence electrons. The van der Waals surface area contributed by atoms with E-state index in [9.17, 15) is 4.79 Å².